The lowest BCUT2D eigenvalue weighted by molar-refractivity contribution is -0.146. The number of piperidine rings is 1. The molecule has 0 saturated carbocycles. The Morgan fingerprint density at radius 3 is 2.48 bits per heavy atom. The summed E-state index contributed by atoms with van der Waals surface area (Å²) in [6.45, 7) is 6.34. The van der Waals surface area contributed by atoms with E-state index in [-0.39, 0.29) is 35.9 Å². The van der Waals surface area contributed by atoms with E-state index in [0.29, 0.717) is 0 Å². The molecule has 6 nitrogen and oxygen atoms in total. The maximum atomic E-state index is 11.5. The maximum Gasteiger partial charge on any atom is 0.308 e. The fourth-order valence-electron chi connectivity index (χ4n) is 2.55. The average Bonchev–Trinajstić information content (AvgIpc) is 2.57. The zero-order valence-electron chi connectivity index (χ0n) is 14.7. The van der Waals surface area contributed by atoms with Gasteiger partial charge in [-0.05, 0) is 25.7 Å². The highest BCUT2D eigenvalue weighted by atomic mass is 127. The molecule has 1 aliphatic rings. The van der Waals surface area contributed by atoms with E-state index in [9.17, 15) is 4.79 Å². The number of esters is 1. The lowest BCUT2D eigenvalue weighted by Gasteiger charge is -2.33. The number of carbonyl (C=O) groups excluding carboxylic acids is 1. The van der Waals surface area contributed by atoms with Gasteiger partial charge in [-0.2, -0.15) is 0 Å². The number of ether oxygens (including phenoxy) is 2. The monoisotopic (exact) mass is 441 g/mol. The van der Waals surface area contributed by atoms with Crippen molar-refractivity contribution in [2.75, 3.05) is 47.0 Å². The van der Waals surface area contributed by atoms with E-state index in [1.54, 1.807) is 7.05 Å². The molecule has 1 fully saturated rings. The molecule has 0 unspecified atom stereocenters. The molecule has 0 amide bonds. The minimum absolute atomic E-state index is 0. The van der Waals surface area contributed by atoms with Crippen LogP contribution >= 0.6 is 24.0 Å². The van der Waals surface area contributed by atoms with E-state index in [4.69, 9.17) is 9.47 Å². The maximum absolute atomic E-state index is 11.5. The Kier molecular flexibility index (Phi) is 13.5. The summed E-state index contributed by atoms with van der Waals surface area (Å²) in [6.07, 6.45) is 4.93. The molecule has 0 bridgehead atoms. The van der Waals surface area contributed by atoms with Gasteiger partial charge in [0.05, 0.1) is 13.0 Å². The Labute approximate surface area is 157 Å². The zero-order chi connectivity index (χ0) is 16.2. The third kappa shape index (κ3) is 8.74. The molecule has 0 aromatic carbocycles. The highest BCUT2D eigenvalue weighted by Crippen LogP contribution is 2.18. The lowest BCUT2D eigenvalue weighted by Crippen LogP contribution is -2.47. The number of methoxy groups -OCH3 is 1. The Bertz CT molecular complexity index is 345. The number of rotatable bonds is 8. The predicted molar refractivity (Wildman–Crippen MR) is 103 cm³/mol. The molecule has 1 N–H and O–H groups in total. The van der Waals surface area contributed by atoms with E-state index in [0.717, 1.165) is 64.5 Å². The van der Waals surface area contributed by atoms with Crippen LogP contribution < -0.4 is 5.32 Å². The minimum atomic E-state index is -0.0909. The zero-order valence-corrected chi connectivity index (χ0v) is 17.0. The number of nitrogens with one attached hydrogen (secondary N) is 1. The van der Waals surface area contributed by atoms with Crippen LogP contribution in [0.25, 0.3) is 0 Å². The van der Waals surface area contributed by atoms with Gasteiger partial charge in [-0.15, -0.1) is 24.0 Å². The summed E-state index contributed by atoms with van der Waals surface area (Å²) >= 11 is 0. The third-order valence-electron chi connectivity index (χ3n) is 3.93. The minimum Gasteiger partial charge on any atom is -0.469 e. The molecule has 0 aromatic heterocycles. The van der Waals surface area contributed by atoms with Crippen LogP contribution in [0.5, 0.6) is 0 Å². The summed E-state index contributed by atoms with van der Waals surface area (Å²) in [4.78, 5) is 18.1. The van der Waals surface area contributed by atoms with Gasteiger partial charge in [0.15, 0.2) is 5.96 Å². The van der Waals surface area contributed by atoms with Crippen molar-refractivity contribution >= 4 is 35.9 Å². The molecular formula is C16H32IN3O3. The predicted octanol–water partition coefficient (Wildman–Crippen LogP) is 2.27. The normalized spacial score (nSPS) is 16.0. The van der Waals surface area contributed by atoms with E-state index in [2.05, 4.69) is 22.1 Å². The summed E-state index contributed by atoms with van der Waals surface area (Å²) < 4.78 is 10.4. The van der Waals surface area contributed by atoms with Gasteiger partial charge < -0.3 is 19.7 Å². The van der Waals surface area contributed by atoms with Crippen LogP contribution in [0.3, 0.4) is 0 Å². The number of hydrogen-bond acceptors (Lipinski definition) is 4. The Hall–Kier alpha value is -0.570. The number of halogens is 1. The van der Waals surface area contributed by atoms with E-state index in [1.807, 2.05) is 0 Å². The summed E-state index contributed by atoms with van der Waals surface area (Å²) in [5.41, 5.74) is 0. The largest absolute Gasteiger partial charge is 0.469 e. The first-order valence-electron chi connectivity index (χ1n) is 8.34. The van der Waals surface area contributed by atoms with Gasteiger partial charge in [0.1, 0.15) is 0 Å². The molecule has 136 valence electrons. The molecule has 1 rings (SSSR count). The number of carbonyl (C=O) groups is 1. The summed E-state index contributed by atoms with van der Waals surface area (Å²) in [5.74, 6) is 0.857. The third-order valence-corrected chi connectivity index (χ3v) is 3.93. The van der Waals surface area contributed by atoms with Gasteiger partial charge in [-0.25, -0.2) is 0 Å². The van der Waals surface area contributed by atoms with Crippen LogP contribution in [-0.2, 0) is 14.3 Å². The van der Waals surface area contributed by atoms with Gasteiger partial charge in [-0.3, -0.25) is 9.79 Å². The number of hydrogen-bond donors (Lipinski definition) is 1. The number of nitrogens with zero attached hydrogens (tertiary/aromatic N) is 2. The second-order valence-electron chi connectivity index (χ2n) is 5.58. The number of unbranched alkanes of at least 4 members (excludes halogenated alkanes) is 1. The van der Waals surface area contributed by atoms with Crippen molar-refractivity contribution in [3.8, 4) is 0 Å². The van der Waals surface area contributed by atoms with Gasteiger partial charge in [0.25, 0.3) is 0 Å². The number of aliphatic imine (C=N–C) groups is 1. The van der Waals surface area contributed by atoms with E-state index in [1.165, 1.54) is 13.5 Å². The molecule has 1 saturated heterocycles. The van der Waals surface area contributed by atoms with Crippen molar-refractivity contribution in [1.82, 2.24) is 10.2 Å². The molecular weight excluding hydrogens is 409 g/mol. The second kappa shape index (κ2) is 13.8. The van der Waals surface area contributed by atoms with Crippen LogP contribution in [0.4, 0.5) is 0 Å². The standard InChI is InChI=1S/C16H31N3O3.HI/c1-4-5-12-22-13-6-9-18-16(17-2)19-10-7-14(8-11-19)15(20)21-3;/h14H,4-13H2,1-3H3,(H,17,18);1H. The van der Waals surface area contributed by atoms with Gasteiger partial charge in [0, 0.05) is 39.9 Å². The van der Waals surface area contributed by atoms with Crippen LogP contribution in [-0.4, -0.2) is 63.8 Å². The van der Waals surface area contributed by atoms with Gasteiger partial charge in [-0.1, -0.05) is 13.3 Å². The molecule has 0 atom stereocenters. The van der Waals surface area contributed by atoms with Crippen LogP contribution in [0.15, 0.2) is 4.99 Å². The molecule has 23 heavy (non-hydrogen) atoms. The first-order valence-corrected chi connectivity index (χ1v) is 8.34. The molecule has 0 radical (unpaired) electrons. The summed E-state index contributed by atoms with van der Waals surface area (Å²) in [7, 11) is 3.25. The molecule has 7 heteroatoms. The van der Waals surface area contributed by atoms with Crippen LogP contribution in [0.1, 0.15) is 39.0 Å². The smallest absolute Gasteiger partial charge is 0.308 e. The van der Waals surface area contributed by atoms with Crippen LogP contribution in [0.2, 0.25) is 0 Å². The van der Waals surface area contributed by atoms with Crippen molar-refractivity contribution in [3.05, 3.63) is 0 Å². The fourth-order valence-corrected chi connectivity index (χ4v) is 2.55. The first kappa shape index (κ1) is 22.4. The van der Waals surface area contributed by atoms with Gasteiger partial charge in [0.2, 0.25) is 0 Å². The molecule has 0 aliphatic carbocycles. The molecule has 1 heterocycles. The Balaban J connectivity index is 0.00000484. The topological polar surface area (TPSA) is 63.2 Å². The van der Waals surface area contributed by atoms with Crippen molar-refractivity contribution in [2.24, 2.45) is 10.9 Å². The molecule has 1 aliphatic heterocycles. The summed E-state index contributed by atoms with van der Waals surface area (Å²) in [5, 5.41) is 3.37. The molecule has 0 aromatic rings. The van der Waals surface area contributed by atoms with Crippen LogP contribution in [0, 0.1) is 5.92 Å². The number of likely N-dealkylation sites (tertiary alicyclic amines) is 1. The van der Waals surface area contributed by atoms with Crippen molar-refractivity contribution < 1.29 is 14.3 Å². The quantitative estimate of drug-likeness (QED) is 0.206. The Morgan fingerprint density at radius 2 is 1.91 bits per heavy atom. The highest BCUT2D eigenvalue weighted by Gasteiger charge is 2.26. The van der Waals surface area contributed by atoms with Gasteiger partial charge >= 0.3 is 5.97 Å². The van der Waals surface area contributed by atoms with Crippen molar-refractivity contribution in [2.45, 2.75) is 39.0 Å². The van der Waals surface area contributed by atoms with Crippen molar-refractivity contribution in [3.63, 3.8) is 0 Å². The SMILES string of the molecule is CCCCOCCCNC(=NC)N1CCC(C(=O)OC)CC1.I. The summed E-state index contributed by atoms with van der Waals surface area (Å²) in [6, 6.07) is 0. The lowest BCUT2D eigenvalue weighted by atomic mass is 9.97. The van der Waals surface area contributed by atoms with E-state index >= 15 is 0 Å². The highest BCUT2D eigenvalue weighted by molar-refractivity contribution is 14.0. The number of guanidine groups is 1. The average molecular weight is 441 g/mol. The second-order valence-corrected chi connectivity index (χ2v) is 5.58. The Morgan fingerprint density at radius 1 is 1.26 bits per heavy atom. The first-order chi connectivity index (χ1) is 10.7. The molecule has 0 spiro atoms. The fraction of sp³-hybridized carbons (Fsp3) is 0.875. The van der Waals surface area contributed by atoms with E-state index < -0.39 is 0 Å². The van der Waals surface area contributed by atoms with Crippen molar-refractivity contribution in [1.29, 1.82) is 0 Å².